The molecular formula is C15H21FN2O. The van der Waals surface area contributed by atoms with Crippen molar-refractivity contribution in [3.05, 3.63) is 35.1 Å². The highest BCUT2D eigenvalue weighted by molar-refractivity contribution is 5.76. The minimum absolute atomic E-state index is 0.191. The van der Waals surface area contributed by atoms with Crippen LogP contribution in [0.5, 0.6) is 0 Å². The third-order valence-electron chi connectivity index (χ3n) is 3.84. The molecule has 0 bridgehead atoms. The summed E-state index contributed by atoms with van der Waals surface area (Å²) in [5.74, 6) is 0.507. The van der Waals surface area contributed by atoms with Crippen LogP contribution < -0.4 is 5.73 Å². The van der Waals surface area contributed by atoms with Gasteiger partial charge < -0.3 is 10.6 Å². The van der Waals surface area contributed by atoms with Gasteiger partial charge in [0.25, 0.3) is 0 Å². The molecule has 1 saturated heterocycles. The zero-order valence-electron chi connectivity index (χ0n) is 11.4. The number of likely N-dealkylation sites (tertiary alicyclic amines) is 1. The van der Waals surface area contributed by atoms with Crippen LogP contribution in [0.25, 0.3) is 0 Å². The topological polar surface area (TPSA) is 46.3 Å². The molecule has 1 aromatic carbocycles. The normalized spacial score (nSPS) is 20.5. The largest absolute Gasteiger partial charge is 0.338 e. The third kappa shape index (κ3) is 3.53. The smallest absolute Gasteiger partial charge is 0.222 e. The molecule has 1 aliphatic heterocycles. The first-order valence-corrected chi connectivity index (χ1v) is 6.85. The van der Waals surface area contributed by atoms with Crippen molar-refractivity contribution in [3.8, 4) is 0 Å². The Bertz CT molecular complexity index is 461. The molecule has 1 amide bonds. The van der Waals surface area contributed by atoms with Crippen molar-refractivity contribution >= 4 is 5.91 Å². The number of amides is 1. The Kier molecular flexibility index (Phi) is 4.53. The Morgan fingerprint density at radius 1 is 1.37 bits per heavy atom. The molecular weight excluding hydrogens is 243 g/mol. The van der Waals surface area contributed by atoms with E-state index in [0.29, 0.717) is 25.4 Å². The number of benzene rings is 1. The van der Waals surface area contributed by atoms with Gasteiger partial charge in [-0.3, -0.25) is 4.79 Å². The Balaban J connectivity index is 2.13. The number of carbonyl (C=O) groups excluding carboxylic acids is 1. The van der Waals surface area contributed by atoms with E-state index in [9.17, 15) is 9.18 Å². The van der Waals surface area contributed by atoms with Gasteiger partial charge in [-0.05, 0) is 42.0 Å². The maximum Gasteiger partial charge on any atom is 0.222 e. The molecule has 2 N–H and O–H groups in total. The van der Waals surface area contributed by atoms with Crippen molar-refractivity contribution in [3.63, 3.8) is 0 Å². The SMILES string of the molecule is CC1CCC(=O)N(Cc2ccc(F)cc2CN)CC1. The number of hydrogen-bond donors (Lipinski definition) is 1. The first kappa shape index (κ1) is 14.0. The second-order valence-corrected chi connectivity index (χ2v) is 5.36. The Morgan fingerprint density at radius 2 is 2.16 bits per heavy atom. The van der Waals surface area contributed by atoms with E-state index < -0.39 is 0 Å². The average Bonchev–Trinajstić information content (AvgIpc) is 2.56. The summed E-state index contributed by atoms with van der Waals surface area (Å²) in [6.45, 7) is 3.80. The lowest BCUT2D eigenvalue weighted by molar-refractivity contribution is -0.131. The molecule has 0 aromatic heterocycles. The molecule has 2 rings (SSSR count). The molecule has 0 saturated carbocycles. The van der Waals surface area contributed by atoms with Gasteiger partial charge in [0.15, 0.2) is 0 Å². The van der Waals surface area contributed by atoms with Crippen molar-refractivity contribution in [1.82, 2.24) is 4.90 Å². The van der Waals surface area contributed by atoms with E-state index in [4.69, 9.17) is 5.73 Å². The van der Waals surface area contributed by atoms with Gasteiger partial charge in [-0.15, -0.1) is 0 Å². The second-order valence-electron chi connectivity index (χ2n) is 5.36. The number of carbonyl (C=O) groups is 1. The van der Waals surface area contributed by atoms with Crippen LogP contribution >= 0.6 is 0 Å². The van der Waals surface area contributed by atoms with Gasteiger partial charge in [0.1, 0.15) is 5.82 Å². The molecule has 0 aliphatic carbocycles. The minimum Gasteiger partial charge on any atom is -0.338 e. The molecule has 3 nitrogen and oxygen atoms in total. The van der Waals surface area contributed by atoms with E-state index in [1.807, 2.05) is 4.90 Å². The predicted octanol–water partition coefficient (Wildman–Crippen LogP) is 2.43. The summed E-state index contributed by atoms with van der Waals surface area (Å²) < 4.78 is 13.2. The first-order chi connectivity index (χ1) is 9.10. The highest BCUT2D eigenvalue weighted by Gasteiger charge is 2.20. The van der Waals surface area contributed by atoms with E-state index >= 15 is 0 Å². The predicted molar refractivity (Wildman–Crippen MR) is 72.7 cm³/mol. The van der Waals surface area contributed by atoms with E-state index in [1.165, 1.54) is 12.1 Å². The van der Waals surface area contributed by atoms with Crippen LogP contribution in [-0.4, -0.2) is 17.4 Å². The lowest BCUT2D eigenvalue weighted by atomic mass is 10.0. The van der Waals surface area contributed by atoms with Gasteiger partial charge in [0.05, 0.1) is 0 Å². The number of hydrogen-bond acceptors (Lipinski definition) is 2. The van der Waals surface area contributed by atoms with Gasteiger partial charge in [-0.25, -0.2) is 4.39 Å². The van der Waals surface area contributed by atoms with E-state index in [2.05, 4.69) is 6.92 Å². The molecule has 1 aliphatic rings. The van der Waals surface area contributed by atoms with Crippen molar-refractivity contribution < 1.29 is 9.18 Å². The number of nitrogens with zero attached hydrogens (tertiary/aromatic N) is 1. The molecule has 1 aromatic rings. The first-order valence-electron chi connectivity index (χ1n) is 6.85. The van der Waals surface area contributed by atoms with Crippen molar-refractivity contribution in [2.24, 2.45) is 11.7 Å². The van der Waals surface area contributed by atoms with Crippen molar-refractivity contribution in [2.45, 2.75) is 39.3 Å². The highest BCUT2D eigenvalue weighted by Crippen LogP contribution is 2.20. The van der Waals surface area contributed by atoms with Gasteiger partial charge >= 0.3 is 0 Å². The fourth-order valence-electron chi connectivity index (χ4n) is 2.48. The van der Waals surface area contributed by atoms with E-state index in [1.54, 1.807) is 6.07 Å². The summed E-state index contributed by atoms with van der Waals surface area (Å²) in [5.41, 5.74) is 7.38. The maximum atomic E-state index is 13.2. The molecule has 4 heteroatoms. The minimum atomic E-state index is -0.278. The van der Waals surface area contributed by atoms with Crippen LogP contribution in [0.3, 0.4) is 0 Å². The average molecular weight is 264 g/mol. The van der Waals surface area contributed by atoms with Gasteiger partial charge in [0.2, 0.25) is 5.91 Å². The third-order valence-corrected chi connectivity index (χ3v) is 3.84. The van der Waals surface area contributed by atoms with Gasteiger partial charge in [0, 0.05) is 26.1 Å². The molecule has 1 atom stereocenters. The summed E-state index contributed by atoms with van der Waals surface area (Å²) in [7, 11) is 0. The number of halogens is 1. The number of nitrogens with two attached hydrogens (primary N) is 1. The lowest BCUT2D eigenvalue weighted by Gasteiger charge is -2.22. The Labute approximate surface area is 113 Å². The quantitative estimate of drug-likeness (QED) is 0.911. The monoisotopic (exact) mass is 264 g/mol. The summed E-state index contributed by atoms with van der Waals surface area (Å²) in [4.78, 5) is 13.9. The fraction of sp³-hybridized carbons (Fsp3) is 0.533. The van der Waals surface area contributed by atoms with Gasteiger partial charge in [-0.1, -0.05) is 13.0 Å². The van der Waals surface area contributed by atoms with Crippen molar-refractivity contribution in [2.75, 3.05) is 6.54 Å². The standard InChI is InChI=1S/C15H21FN2O/c1-11-2-5-15(19)18(7-6-11)10-12-3-4-14(16)8-13(12)9-17/h3-4,8,11H,2,5-7,9-10,17H2,1H3. The van der Waals surface area contributed by atoms with E-state index in [0.717, 1.165) is 30.5 Å². The van der Waals surface area contributed by atoms with E-state index in [-0.39, 0.29) is 11.7 Å². The van der Waals surface area contributed by atoms with Crippen LogP contribution in [-0.2, 0) is 17.9 Å². The summed E-state index contributed by atoms with van der Waals surface area (Å²) in [6.07, 6.45) is 2.60. The van der Waals surface area contributed by atoms with Crippen LogP contribution in [0.1, 0.15) is 37.3 Å². The lowest BCUT2D eigenvalue weighted by Crippen LogP contribution is -2.30. The van der Waals surface area contributed by atoms with Crippen molar-refractivity contribution in [1.29, 1.82) is 0 Å². The second kappa shape index (κ2) is 6.15. The van der Waals surface area contributed by atoms with Crippen LogP contribution in [0, 0.1) is 11.7 Å². The molecule has 1 heterocycles. The fourth-order valence-corrected chi connectivity index (χ4v) is 2.48. The molecule has 104 valence electrons. The van der Waals surface area contributed by atoms with Gasteiger partial charge in [-0.2, -0.15) is 0 Å². The number of rotatable bonds is 3. The molecule has 1 fully saturated rings. The van der Waals surface area contributed by atoms with Crippen LogP contribution in [0.2, 0.25) is 0 Å². The molecule has 0 spiro atoms. The highest BCUT2D eigenvalue weighted by atomic mass is 19.1. The molecule has 1 unspecified atom stereocenters. The maximum absolute atomic E-state index is 13.2. The Hall–Kier alpha value is -1.42. The van der Waals surface area contributed by atoms with Crippen LogP contribution in [0.15, 0.2) is 18.2 Å². The zero-order chi connectivity index (χ0) is 13.8. The van der Waals surface area contributed by atoms with Crippen LogP contribution in [0.4, 0.5) is 4.39 Å². The zero-order valence-corrected chi connectivity index (χ0v) is 11.4. The summed E-state index contributed by atoms with van der Waals surface area (Å²) in [6, 6.07) is 4.62. The summed E-state index contributed by atoms with van der Waals surface area (Å²) >= 11 is 0. The Morgan fingerprint density at radius 3 is 2.89 bits per heavy atom. The summed E-state index contributed by atoms with van der Waals surface area (Å²) in [5, 5.41) is 0. The molecule has 0 radical (unpaired) electrons. The molecule has 19 heavy (non-hydrogen) atoms.